The number of ether oxygens (including phenoxy) is 2. The van der Waals surface area contributed by atoms with Crippen molar-refractivity contribution in [3.8, 4) is 11.5 Å². The monoisotopic (exact) mass is 399 g/mol. The highest BCUT2D eigenvalue weighted by molar-refractivity contribution is 5.80. The number of nitrogens with one attached hydrogen (secondary N) is 1. The first-order valence-corrected chi connectivity index (χ1v) is 10.2. The van der Waals surface area contributed by atoms with Crippen molar-refractivity contribution in [3.05, 3.63) is 40.7 Å². The summed E-state index contributed by atoms with van der Waals surface area (Å²) >= 11 is 0. The maximum absolute atomic E-state index is 5.44. The van der Waals surface area contributed by atoms with Gasteiger partial charge in [0, 0.05) is 49.9 Å². The van der Waals surface area contributed by atoms with E-state index in [0.717, 1.165) is 49.2 Å². The Morgan fingerprint density at radius 2 is 1.90 bits per heavy atom. The molecule has 1 unspecified atom stereocenters. The van der Waals surface area contributed by atoms with E-state index in [1.54, 1.807) is 14.2 Å². The van der Waals surface area contributed by atoms with Crippen LogP contribution in [-0.2, 0) is 13.6 Å². The fraction of sp³-hybridized carbons (Fsp3) is 0.545. The quantitative estimate of drug-likeness (QED) is 0.598. The van der Waals surface area contributed by atoms with Crippen molar-refractivity contribution in [3.63, 3.8) is 0 Å². The molecule has 1 atom stereocenters. The van der Waals surface area contributed by atoms with Crippen LogP contribution in [0, 0.1) is 13.8 Å². The third-order valence-corrected chi connectivity index (χ3v) is 5.71. The van der Waals surface area contributed by atoms with E-state index in [2.05, 4.69) is 41.3 Å². The second kappa shape index (κ2) is 9.20. The molecule has 3 rings (SSSR count). The van der Waals surface area contributed by atoms with Crippen molar-refractivity contribution in [2.24, 2.45) is 12.0 Å². The van der Waals surface area contributed by atoms with Crippen LogP contribution in [0.2, 0.25) is 0 Å². The summed E-state index contributed by atoms with van der Waals surface area (Å²) in [5.74, 6) is 3.05. The predicted octanol–water partition coefficient (Wildman–Crippen LogP) is 3.01. The van der Waals surface area contributed by atoms with E-state index >= 15 is 0 Å². The van der Waals surface area contributed by atoms with E-state index in [0.29, 0.717) is 12.5 Å². The standard InChI is InChI=1S/C22H33N5O2/c1-7-23-22(24-13-21-15(2)25-26(4)16(21)3)27-9-8-17(14-27)18-10-19(28-5)12-20(11-18)29-6/h10-12,17H,7-9,13-14H2,1-6H3,(H,23,24). The van der Waals surface area contributed by atoms with Gasteiger partial charge in [0.25, 0.3) is 0 Å². The molecule has 0 aliphatic carbocycles. The van der Waals surface area contributed by atoms with Gasteiger partial charge >= 0.3 is 0 Å². The average Bonchev–Trinajstić information content (AvgIpc) is 3.30. The molecule has 7 nitrogen and oxygen atoms in total. The maximum Gasteiger partial charge on any atom is 0.194 e. The highest BCUT2D eigenvalue weighted by atomic mass is 16.5. The van der Waals surface area contributed by atoms with Crippen molar-refractivity contribution in [1.29, 1.82) is 0 Å². The molecule has 7 heteroatoms. The molecule has 1 aliphatic rings. The molecule has 0 bridgehead atoms. The van der Waals surface area contributed by atoms with Gasteiger partial charge in [-0.2, -0.15) is 5.10 Å². The lowest BCUT2D eigenvalue weighted by Gasteiger charge is -2.22. The average molecular weight is 400 g/mol. The lowest BCUT2D eigenvalue weighted by molar-refractivity contribution is 0.392. The molecule has 2 aromatic rings. The topological polar surface area (TPSA) is 63.9 Å². The first kappa shape index (κ1) is 21.0. The molecule has 1 aromatic heterocycles. The van der Waals surface area contributed by atoms with Crippen molar-refractivity contribution < 1.29 is 9.47 Å². The summed E-state index contributed by atoms with van der Waals surface area (Å²) in [6, 6.07) is 6.15. The number of aromatic nitrogens is 2. The second-order valence-electron chi connectivity index (χ2n) is 7.52. The fourth-order valence-corrected chi connectivity index (χ4v) is 3.92. The van der Waals surface area contributed by atoms with Gasteiger partial charge < -0.3 is 19.7 Å². The fourth-order valence-electron chi connectivity index (χ4n) is 3.92. The van der Waals surface area contributed by atoms with Crippen LogP contribution in [0.4, 0.5) is 0 Å². The Hall–Kier alpha value is -2.70. The molecule has 0 radical (unpaired) electrons. The molecule has 158 valence electrons. The minimum absolute atomic E-state index is 0.421. The molecule has 1 saturated heterocycles. The zero-order chi connectivity index (χ0) is 21.0. The van der Waals surface area contributed by atoms with Gasteiger partial charge in [-0.05, 0) is 44.9 Å². The number of benzene rings is 1. The number of aryl methyl sites for hydroxylation is 2. The highest BCUT2D eigenvalue weighted by Gasteiger charge is 2.27. The van der Waals surface area contributed by atoms with Crippen LogP contribution in [0.25, 0.3) is 0 Å². The van der Waals surface area contributed by atoms with Gasteiger partial charge in [-0.3, -0.25) is 4.68 Å². The maximum atomic E-state index is 5.44. The molecule has 0 amide bonds. The molecule has 0 saturated carbocycles. The van der Waals surface area contributed by atoms with Crippen LogP contribution in [-0.4, -0.2) is 54.5 Å². The first-order chi connectivity index (χ1) is 14.0. The predicted molar refractivity (Wildman–Crippen MR) is 116 cm³/mol. The Labute approximate surface area is 173 Å². The van der Waals surface area contributed by atoms with Crippen molar-refractivity contribution in [1.82, 2.24) is 20.0 Å². The lowest BCUT2D eigenvalue weighted by atomic mass is 9.98. The Kier molecular flexibility index (Phi) is 6.67. The van der Waals surface area contributed by atoms with Gasteiger partial charge in [0.05, 0.1) is 26.5 Å². The summed E-state index contributed by atoms with van der Waals surface area (Å²) < 4.78 is 12.8. The number of likely N-dealkylation sites (tertiary alicyclic amines) is 1. The molecule has 1 fully saturated rings. The van der Waals surface area contributed by atoms with E-state index in [9.17, 15) is 0 Å². The van der Waals surface area contributed by atoms with E-state index in [1.165, 1.54) is 16.8 Å². The third-order valence-electron chi connectivity index (χ3n) is 5.71. The summed E-state index contributed by atoms with van der Waals surface area (Å²) in [5, 5.41) is 7.96. The highest BCUT2D eigenvalue weighted by Crippen LogP contribution is 2.33. The van der Waals surface area contributed by atoms with Gasteiger partial charge in [-0.25, -0.2) is 4.99 Å². The zero-order valence-corrected chi connectivity index (χ0v) is 18.5. The van der Waals surface area contributed by atoms with Gasteiger partial charge in [-0.15, -0.1) is 0 Å². The Morgan fingerprint density at radius 1 is 1.21 bits per heavy atom. The number of rotatable bonds is 6. The lowest BCUT2D eigenvalue weighted by Crippen LogP contribution is -2.40. The molecule has 1 N–H and O–H groups in total. The molecule has 2 heterocycles. The van der Waals surface area contributed by atoms with Crippen molar-refractivity contribution >= 4 is 5.96 Å². The number of methoxy groups -OCH3 is 2. The van der Waals surface area contributed by atoms with E-state index in [-0.39, 0.29) is 0 Å². The first-order valence-electron chi connectivity index (χ1n) is 10.2. The third kappa shape index (κ3) is 4.66. The van der Waals surface area contributed by atoms with Gasteiger partial charge in [0.15, 0.2) is 5.96 Å². The normalized spacial score (nSPS) is 17.0. The minimum Gasteiger partial charge on any atom is -0.497 e. The van der Waals surface area contributed by atoms with E-state index < -0.39 is 0 Å². The van der Waals surface area contributed by atoms with Crippen molar-refractivity contribution in [2.45, 2.75) is 39.7 Å². The molecule has 1 aromatic carbocycles. The van der Waals surface area contributed by atoms with Crippen LogP contribution < -0.4 is 14.8 Å². The number of guanidine groups is 1. The van der Waals surface area contributed by atoms with E-state index in [1.807, 2.05) is 24.7 Å². The second-order valence-corrected chi connectivity index (χ2v) is 7.52. The van der Waals surface area contributed by atoms with Gasteiger partial charge in [0.1, 0.15) is 11.5 Å². The van der Waals surface area contributed by atoms with Gasteiger partial charge in [0.2, 0.25) is 0 Å². The van der Waals surface area contributed by atoms with Crippen LogP contribution >= 0.6 is 0 Å². The van der Waals surface area contributed by atoms with Crippen LogP contribution in [0.5, 0.6) is 11.5 Å². The molecular weight excluding hydrogens is 366 g/mol. The molecule has 29 heavy (non-hydrogen) atoms. The summed E-state index contributed by atoms with van der Waals surface area (Å²) in [7, 11) is 5.37. The number of hydrogen-bond donors (Lipinski definition) is 1. The SMILES string of the molecule is CCNC(=NCc1c(C)nn(C)c1C)N1CCC(c2cc(OC)cc(OC)c2)C1. The Bertz CT molecular complexity index is 852. The Morgan fingerprint density at radius 3 is 2.45 bits per heavy atom. The summed E-state index contributed by atoms with van der Waals surface area (Å²) in [4.78, 5) is 7.27. The zero-order valence-electron chi connectivity index (χ0n) is 18.5. The van der Waals surface area contributed by atoms with E-state index in [4.69, 9.17) is 14.5 Å². The smallest absolute Gasteiger partial charge is 0.194 e. The molecule has 1 aliphatic heterocycles. The van der Waals surface area contributed by atoms with Crippen molar-refractivity contribution in [2.75, 3.05) is 33.9 Å². The summed E-state index contributed by atoms with van der Waals surface area (Å²) in [6.07, 6.45) is 1.08. The van der Waals surface area contributed by atoms with Crippen LogP contribution in [0.1, 0.15) is 41.8 Å². The number of hydrogen-bond acceptors (Lipinski definition) is 4. The Balaban J connectivity index is 1.76. The van der Waals surface area contributed by atoms with Crippen LogP contribution in [0.15, 0.2) is 23.2 Å². The molecular formula is C22H33N5O2. The van der Waals surface area contributed by atoms with Crippen LogP contribution in [0.3, 0.4) is 0 Å². The number of aliphatic imine (C=N–C) groups is 1. The minimum atomic E-state index is 0.421. The summed E-state index contributed by atoms with van der Waals surface area (Å²) in [5.41, 5.74) is 4.67. The number of nitrogens with zero attached hydrogens (tertiary/aromatic N) is 4. The van der Waals surface area contributed by atoms with Gasteiger partial charge in [-0.1, -0.05) is 0 Å². The molecule has 0 spiro atoms. The largest absolute Gasteiger partial charge is 0.497 e. The summed E-state index contributed by atoms with van der Waals surface area (Å²) in [6.45, 7) is 9.64.